The van der Waals surface area contributed by atoms with Gasteiger partial charge in [0.05, 0.1) is 12.8 Å². The number of nitrogens with one attached hydrogen (secondary N) is 1. The predicted octanol–water partition coefficient (Wildman–Crippen LogP) is 2.03. The van der Waals surface area contributed by atoms with Crippen LogP contribution in [-0.4, -0.2) is 23.9 Å². The zero-order valence-corrected chi connectivity index (χ0v) is 10.5. The molecule has 18 heavy (non-hydrogen) atoms. The van der Waals surface area contributed by atoms with E-state index in [1.165, 1.54) is 13.2 Å². The van der Waals surface area contributed by atoms with Crippen LogP contribution in [0.5, 0.6) is 5.75 Å². The Labute approximate surface area is 105 Å². The first kappa shape index (κ1) is 12.6. The highest BCUT2D eigenvalue weighted by Crippen LogP contribution is 2.29. The van der Waals surface area contributed by atoms with E-state index in [1.54, 1.807) is 6.07 Å². The summed E-state index contributed by atoms with van der Waals surface area (Å²) < 4.78 is 18.6. The molecule has 1 aromatic heterocycles. The summed E-state index contributed by atoms with van der Waals surface area (Å²) in [6.45, 7) is 2.42. The third-order valence-corrected chi connectivity index (χ3v) is 2.84. The number of aryl methyl sites for hydroxylation is 1. The van der Waals surface area contributed by atoms with Crippen LogP contribution in [0.3, 0.4) is 0 Å². The maximum Gasteiger partial charge on any atom is 0.165 e. The molecule has 0 spiro atoms. The van der Waals surface area contributed by atoms with Crippen molar-refractivity contribution in [1.29, 1.82) is 0 Å². The summed E-state index contributed by atoms with van der Waals surface area (Å²) in [5, 5.41) is 7.10. The highest BCUT2D eigenvalue weighted by Gasteiger charge is 2.13. The van der Waals surface area contributed by atoms with E-state index in [9.17, 15) is 4.39 Å². The number of ether oxygens (including phenoxy) is 1. The lowest BCUT2D eigenvalue weighted by molar-refractivity contribution is 0.386. The molecule has 0 bridgehead atoms. The number of aromatic nitrogens is 2. The van der Waals surface area contributed by atoms with Gasteiger partial charge in [0.25, 0.3) is 0 Å². The van der Waals surface area contributed by atoms with Gasteiger partial charge in [0.2, 0.25) is 0 Å². The topological polar surface area (TPSA) is 63.9 Å². The lowest BCUT2D eigenvalue weighted by Gasteiger charge is -2.06. The van der Waals surface area contributed by atoms with E-state index in [-0.39, 0.29) is 11.6 Å². The molecule has 0 aliphatic rings. The second kappa shape index (κ2) is 5.18. The molecular formula is C13H16FN3O. The fraction of sp³-hybridized carbons (Fsp3) is 0.308. The van der Waals surface area contributed by atoms with Gasteiger partial charge in [0, 0.05) is 17.7 Å². The second-order valence-electron chi connectivity index (χ2n) is 4.06. The molecule has 0 atom stereocenters. The molecule has 2 rings (SSSR count). The van der Waals surface area contributed by atoms with E-state index in [4.69, 9.17) is 10.5 Å². The zero-order valence-electron chi connectivity index (χ0n) is 10.5. The van der Waals surface area contributed by atoms with Gasteiger partial charge in [0.1, 0.15) is 0 Å². The van der Waals surface area contributed by atoms with Gasteiger partial charge in [-0.25, -0.2) is 4.39 Å². The van der Waals surface area contributed by atoms with Crippen molar-refractivity contribution in [3.63, 3.8) is 0 Å². The van der Waals surface area contributed by atoms with Gasteiger partial charge in [-0.1, -0.05) is 6.07 Å². The SMILES string of the molecule is COc1ccc(-c2c(CCN)n[nH]c2C)cc1F. The molecule has 0 saturated heterocycles. The summed E-state index contributed by atoms with van der Waals surface area (Å²) in [6.07, 6.45) is 0.660. The number of methoxy groups -OCH3 is 1. The van der Waals surface area contributed by atoms with Gasteiger partial charge in [-0.2, -0.15) is 5.10 Å². The van der Waals surface area contributed by atoms with Crippen molar-refractivity contribution in [3.05, 3.63) is 35.4 Å². The van der Waals surface area contributed by atoms with Crippen LogP contribution in [0.2, 0.25) is 0 Å². The van der Waals surface area contributed by atoms with Crippen LogP contribution < -0.4 is 10.5 Å². The van der Waals surface area contributed by atoms with Gasteiger partial charge < -0.3 is 10.5 Å². The Morgan fingerprint density at radius 2 is 2.22 bits per heavy atom. The number of nitrogens with zero attached hydrogens (tertiary/aromatic N) is 1. The highest BCUT2D eigenvalue weighted by molar-refractivity contribution is 5.69. The Kier molecular flexibility index (Phi) is 3.62. The van der Waals surface area contributed by atoms with Crippen molar-refractivity contribution < 1.29 is 9.13 Å². The normalized spacial score (nSPS) is 10.7. The quantitative estimate of drug-likeness (QED) is 0.871. The van der Waals surface area contributed by atoms with E-state index in [2.05, 4.69) is 10.2 Å². The Morgan fingerprint density at radius 1 is 1.44 bits per heavy atom. The van der Waals surface area contributed by atoms with E-state index < -0.39 is 0 Å². The van der Waals surface area contributed by atoms with Crippen molar-refractivity contribution in [3.8, 4) is 16.9 Å². The number of hydrogen-bond acceptors (Lipinski definition) is 3. The van der Waals surface area contributed by atoms with Gasteiger partial charge in [-0.05, 0) is 31.2 Å². The summed E-state index contributed by atoms with van der Waals surface area (Å²) in [4.78, 5) is 0. The van der Waals surface area contributed by atoms with Crippen LogP contribution in [0.4, 0.5) is 4.39 Å². The smallest absolute Gasteiger partial charge is 0.165 e. The van der Waals surface area contributed by atoms with E-state index >= 15 is 0 Å². The number of nitrogens with two attached hydrogens (primary N) is 1. The molecule has 5 heteroatoms. The fourth-order valence-corrected chi connectivity index (χ4v) is 2.00. The number of H-pyrrole nitrogens is 1. The highest BCUT2D eigenvalue weighted by atomic mass is 19.1. The summed E-state index contributed by atoms with van der Waals surface area (Å²) >= 11 is 0. The number of halogens is 1. The Hall–Kier alpha value is -1.88. The van der Waals surface area contributed by atoms with Crippen LogP contribution in [-0.2, 0) is 6.42 Å². The van der Waals surface area contributed by atoms with Gasteiger partial charge in [0.15, 0.2) is 11.6 Å². The summed E-state index contributed by atoms with van der Waals surface area (Å²) in [5.41, 5.74) is 9.01. The number of benzene rings is 1. The van der Waals surface area contributed by atoms with Crippen molar-refractivity contribution >= 4 is 0 Å². The number of aromatic amines is 1. The average molecular weight is 249 g/mol. The predicted molar refractivity (Wildman–Crippen MR) is 68.0 cm³/mol. The molecule has 0 saturated carbocycles. The Bertz CT molecular complexity index is 551. The van der Waals surface area contributed by atoms with Gasteiger partial charge >= 0.3 is 0 Å². The Balaban J connectivity index is 2.48. The summed E-state index contributed by atoms with van der Waals surface area (Å²) in [6, 6.07) is 4.89. The molecule has 0 amide bonds. The van der Waals surface area contributed by atoms with Crippen molar-refractivity contribution in [2.75, 3.05) is 13.7 Å². The molecule has 96 valence electrons. The van der Waals surface area contributed by atoms with Gasteiger partial charge in [-0.3, -0.25) is 5.10 Å². The molecule has 4 nitrogen and oxygen atoms in total. The van der Waals surface area contributed by atoms with Crippen molar-refractivity contribution in [1.82, 2.24) is 10.2 Å². The number of rotatable bonds is 4. The zero-order chi connectivity index (χ0) is 13.1. The van der Waals surface area contributed by atoms with E-state index in [0.717, 1.165) is 22.5 Å². The van der Waals surface area contributed by atoms with Crippen LogP contribution >= 0.6 is 0 Å². The molecule has 0 unspecified atom stereocenters. The van der Waals surface area contributed by atoms with E-state index in [0.29, 0.717) is 13.0 Å². The molecule has 2 aromatic rings. The van der Waals surface area contributed by atoms with Crippen LogP contribution in [0, 0.1) is 12.7 Å². The minimum absolute atomic E-state index is 0.236. The minimum atomic E-state index is -0.380. The summed E-state index contributed by atoms with van der Waals surface area (Å²) in [7, 11) is 1.45. The maximum absolute atomic E-state index is 13.7. The lowest BCUT2D eigenvalue weighted by atomic mass is 10.0. The molecule has 0 radical (unpaired) electrons. The maximum atomic E-state index is 13.7. The molecule has 0 aliphatic heterocycles. The molecular weight excluding hydrogens is 233 g/mol. The molecule has 0 aliphatic carbocycles. The molecule has 3 N–H and O–H groups in total. The first-order valence-electron chi connectivity index (χ1n) is 5.75. The van der Waals surface area contributed by atoms with E-state index in [1.807, 2.05) is 13.0 Å². The first-order valence-corrected chi connectivity index (χ1v) is 5.75. The average Bonchev–Trinajstić information content (AvgIpc) is 2.71. The standard InChI is InChI=1S/C13H16FN3O/c1-8-13(11(5-6-15)17-16-8)9-3-4-12(18-2)10(14)7-9/h3-4,7H,5-6,15H2,1-2H3,(H,16,17). The molecule has 1 aromatic carbocycles. The summed E-state index contributed by atoms with van der Waals surface area (Å²) in [5.74, 6) is -0.144. The first-order chi connectivity index (χ1) is 8.67. The van der Waals surface area contributed by atoms with Crippen molar-refractivity contribution in [2.24, 2.45) is 5.73 Å². The third-order valence-electron chi connectivity index (χ3n) is 2.84. The van der Waals surface area contributed by atoms with Crippen LogP contribution in [0.15, 0.2) is 18.2 Å². The lowest BCUT2D eigenvalue weighted by Crippen LogP contribution is -2.04. The number of hydrogen-bond donors (Lipinski definition) is 2. The van der Waals surface area contributed by atoms with Crippen LogP contribution in [0.25, 0.3) is 11.1 Å². The minimum Gasteiger partial charge on any atom is -0.494 e. The monoisotopic (exact) mass is 249 g/mol. The molecule has 0 fully saturated rings. The fourth-order valence-electron chi connectivity index (χ4n) is 2.00. The molecule has 1 heterocycles. The third kappa shape index (κ3) is 2.22. The van der Waals surface area contributed by atoms with Crippen LogP contribution in [0.1, 0.15) is 11.4 Å². The second-order valence-corrected chi connectivity index (χ2v) is 4.06. The Morgan fingerprint density at radius 3 is 2.83 bits per heavy atom. The van der Waals surface area contributed by atoms with Gasteiger partial charge in [-0.15, -0.1) is 0 Å². The van der Waals surface area contributed by atoms with Crippen molar-refractivity contribution in [2.45, 2.75) is 13.3 Å². The largest absolute Gasteiger partial charge is 0.494 e.